The third-order valence-electron chi connectivity index (χ3n) is 9.02. The molecule has 3 aliphatic rings. The van der Waals surface area contributed by atoms with Crippen molar-refractivity contribution in [1.29, 1.82) is 5.26 Å². The van der Waals surface area contributed by atoms with E-state index in [1.54, 1.807) is 4.90 Å². The Balaban J connectivity index is 1.32. The van der Waals surface area contributed by atoms with E-state index >= 15 is 0 Å². The van der Waals surface area contributed by atoms with Gasteiger partial charge in [-0.05, 0) is 50.4 Å². The van der Waals surface area contributed by atoms with Crippen LogP contribution >= 0.6 is 0 Å². The Hall–Kier alpha value is -4.16. The Labute approximate surface area is 248 Å². The van der Waals surface area contributed by atoms with Crippen molar-refractivity contribution >= 4 is 28.2 Å². The molecule has 2 atom stereocenters. The van der Waals surface area contributed by atoms with E-state index in [9.17, 15) is 10.1 Å². The molecule has 9 heteroatoms. The first kappa shape index (κ1) is 28.0. The fraction of sp³-hybridized carbons (Fsp3) is 0.455. The van der Waals surface area contributed by atoms with Crippen molar-refractivity contribution in [3.63, 3.8) is 0 Å². The molecular weight excluding hydrogens is 526 g/mol. The first-order valence-electron chi connectivity index (χ1n) is 15.1. The van der Waals surface area contributed by atoms with Crippen LogP contribution in [-0.4, -0.2) is 84.1 Å². The Morgan fingerprint density at radius 1 is 1.07 bits per heavy atom. The van der Waals surface area contributed by atoms with Crippen LogP contribution in [0.15, 0.2) is 55.1 Å². The maximum Gasteiger partial charge on any atom is 0.318 e. The number of anilines is 2. The number of hydrogen-bond donors (Lipinski definition) is 0. The zero-order valence-corrected chi connectivity index (χ0v) is 24.4. The number of hydrogen-bond acceptors (Lipinski definition) is 8. The number of carbonyl (C=O) groups is 1. The van der Waals surface area contributed by atoms with Crippen LogP contribution in [0.2, 0.25) is 0 Å². The molecule has 218 valence electrons. The summed E-state index contributed by atoms with van der Waals surface area (Å²) < 4.78 is 6.34. The van der Waals surface area contributed by atoms with Crippen LogP contribution in [0, 0.1) is 11.3 Å². The second-order valence-electron chi connectivity index (χ2n) is 11.6. The monoisotopic (exact) mass is 565 g/mol. The number of carbonyl (C=O) groups excluding carboxylic acids is 1. The lowest BCUT2D eigenvalue weighted by molar-refractivity contribution is -0.128. The van der Waals surface area contributed by atoms with Crippen molar-refractivity contribution in [1.82, 2.24) is 19.8 Å². The zero-order valence-electron chi connectivity index (χ0n) is 24.4. The molecular formula is C33H39N7O2. The van der Waals surface area contributed by atoms with E-state index < -0.39 is 0 Å². The third kappa shape index (κ3) is 5.64. The number of ether oxygens (including phenoxy) is 1. The van der Waals surface area contributed by atoms with Crippen LogP contribution in [0.3, 0.4) is 0 Å². The highest BCUT2D eigenvalue weighted by molar-refractivity contribution is 5.94. The maximum absolute atomic E-state index is 12.5. The van der Waals surface area contributed by atoms with Gasteiger partial charge in [-0.25, -0.2) is 0 Å². The quantitative estimate of drug-likeness (QED) is 0.395. The van der Waals surface area contributed by atoms with Gasteiger partial charge in [0.1, 0.15) is 12.4 Å². The Kier molecular flexibility index (Phi) is 8.24. The van der Waals surface area contributed by atoms with Gasteiger partial charge in [-0.15, -0.1) is 0 Å². The molecule has 9 nitrogen and oxygen atoms in total. The van der Waals surface area contributed by atoms with Gasteiger partial charge in [0.15, 0.2) is 0 Å². The lowest BCUT2D eigenvalue weighted by atomic mass is 10.0. The molecule has 0 bridgehead atoms. The first-order valence-corrected chi connectivity index (χ1v) is 15.1. The maximum atomic E-state index is 12.5. The molecule has 0 spiro atoms. The lowest BCUT2D eigenvalue weighted by Crippen LogP contribution is -2.55. The number of rotatable bonds is 7. The minimum Gasteiger partial charge on any atom is -0.462 e. The molecule has 3 aromatic rings. The molecule has 4 heterocycles. The summed E-state index contributed by atoms with van der Waals surface area (Å²) in [7, 11) is 2.16. The summed E-state index contributed by atoms with van der Waals surface area (Å²) in [5, 5.41) is 12.0. The number of aromatic nitrogens is 2. The van der Waals surface area contributed by atoms with Gasteiger partial charge in [0.25, 0.3) is 0 Å². The molecule has 0 aliphatic carbocycles. The van der Waals surface area contributed by atoms with Crippen LogP contribution in [-0.2, 0) is 17.8 Å². The summed E-state index contributed by atoms with van der Waals surface area (Å²) in [6.45, 7) is 8.49. The van der Waals surface area contributed by atoms with E-state index in [1.807, 2.05) is 0 Å². The predicted molar refractivity (Wildman–Crippen MR) is 165 cm³/mol. The van der Waals surface area contributed by atoms with Gasteiger partial charge in [-0.3, -0.25) is 4.79 Å². The molecule has 2 fully saturated rings. The van der Waals surface area contributed by atoms with Crippen LogP contribution in [0.5, 0.6) is 6.01 Å². The SMILES string of the molecule is C=CC(=O)N1CCN(c2nc(OC[C@@H]3CCCCN3C)nc3c2CCN(c2cccc4ccccc24)C3)C[C@@H]1CC#N. The van der Waals surface area contributed by atoms with E-state index in [-0.39, 0.29) is 18.4 Å². The van der Waals surface area contributed by atoms with E-state index in [0.717, 1.165) is 43.0 Å². The summed E-state index contributed by atoms with van der Waals surface area (Å²) in [6, 6.07) is 17.8. The Bertz CT molecular complexity index is 1500. The third-order valence-corrected chi connectivity index (χ3v) is 9.02. The minimum absolute atomic E-state index is 0.133. The van der Waals surface area contributed by atoms with Crippen molar-refractivity contribution in [2.75, 3.05) is 56.2 Å². The summed E-state index contributed by atoms with van der Waals surface area (Å²) >= 11 is 0. The number of likely N-dealkylation sites (N-methyl/N-ethyl adjacent to an activating group) is 1. The van der Waals surface area contributed by atoms with Crippen molar-refractivity contribution in [2.45, 2.75) is 50.7 Å². The van der Waals surface area contributed by atoms with Crippen LogP contribution in [0.25, 0.3) is 10.8 Å². The van der Waals surface area contributed by atoms with Crippen LogP contribution in [0.1, 0.15) is 36.9 Å². The van der Waals surface area contributed by atoms with E-state index in [4.69, 9.17) is 14.7 Å². The summed E-state index contributed by atoms with van der Waals surface area (Å²) in [5.74, 6) is 0.740. The largest absolute Gasteiger partial charge is 0.462 e. The molecule has 0 saturated carbocycles. The average molecular weight is 566 g/mol. The highest BCUT2D eigenvalue weighted by atomic mass is 16.5. The predicted octanol–water partition coefficient (Wildman–Crippen LogP) is 4.17. The Morgan fingerprint density at radius 2 is 1.93 bits per heavy atom. The fourth-order valence-corrected chi connectivity index (χ4v) is 6.66. The molecule has 2 saturated heterocycles. The Morgan fingerprint density at radius 3 is 2.76 bits per heavy atom. The normalized spacial score (nSPS) is 21.1. The van der Waals surface area contributed by atoms with Gasteiger partial charge in [0.2, 0.25) is 5.91 Å². The summed E-state index contributed by atoms with van der Waals surface area (Å²) in [5.41, 5.74) is 3.32. The second-order valence-corrected chi connectivity index (χ2v) is 11.6. The number of nitrogens with zero attached hydrogens (tertiary/aromatic N) is 7. The summed E-state index contributed by atoms with van der Waals surface area (Å²) in [6.07, 6.45) is 5.94. The van der Waals surface area contributed by atoms with Crippen molar-refractivity contribution in [2.24, 2.45) is 0 Å². The van der Waals surface area contributed by atoms with E-state index in [2.05, 4.69) is 76.9 Å². The number of benzene rings is 2. The fourth-order valence-electron chi connectivity index (χ4n) is 6.66. The van der Waals surface area contributed by atoms with E-state index in [0.29, 0.717) is 44.8 Å². The summed E-state index contributed by atoms with van der Waals surface area (Å²) in [4.78, 5) is 31.3. The van der Waals surface area contributed by atoms with Crippen LogP contribution in [0.4, 0.5) is 11.5 Å². The first-order chi connectivity index (χ1) is 20.6. The molecule has 0 unspecified atom stereocenters. The number of piperidine rings is 1. The molecule has 0 N–H and O–H groups in total. The van der Waals surface area contributed by atoms with Crippen molar-refractivity contribution in [3.05, 3.63) is 66.4 Å². The van der Waals surface area contributed by atoms with Gasteiger partial charge in [0.05, 0.1) is 30.8 Å². The molecule has 0 radical (unpaired) electrons. The zero-order chi connectivity index (χ0) is 29.1. The molecule has 2 aromatic carbocycles. The molecule has 1 aromatic heterocycles. The number of piperazine rings is 1. The topological polar surface area (TPSA) is 88.8 Å². The molecule has 6 rings (SSSR count). The molecule has 3 aliphatic heterocycles. The number of likely N-dealkylation sites (tertiary alicyclic amines) is 1. The highest BCUT2D eigenvalue weighted by Gasteiger charge is 2.33. The number of nitriles is 1. The number of fused-ring (bicyclic) bond motifs is 2. The highest BCUT2D eigenvalue weighted by Crippen LogP contribution is 2.35. The van der Waals surface area contributed by atoms with Crippen molar-refractivity contribution in [3.8, 4) is 12.1 Å². The average Bonchev–Trinajstić information content (AvgIpc) is 3.03. The minimum atomic E-state index is -0.226. The van der Waals surface area contributed by atoms with Gasteiger partial charge < -0.3 is 24.3 Å². The van der Waals surface area contributed by atoms with Gasteiger partial charge in [-0.1, -0.05) is 49.4 Å². The standard InChI is InChI=1S/C33H39N7O2/c1-3-31(41)40-20-19-39(21-25(40)14-16-34)32-28-15-18-38(30-13-8-10-24-9-4-5-12-27(24)30)22-29(28)35-33(36-32)42-23-26-11-6-7-17-37(26)2/h3-5,8-10,12-13,25-26H,1,6-7,11,14-15,17-23H2,2H3/t25-,26-/m0/s1. The number of amides is 1. The second kappa shape index (κ2) is 12.4. The van der Waals surface area contributed by atoms with Gasteiger partial charge >= 0.3 is 6.01 Å². The van der Waals surface area contributed by atoms with Gasteiger partial charge in [-0.2, -0.15) is 15.2 Å². The smallest absolute Gasteiger partial charge is 0.318 e. The lowest BCUT2D eigenvalue weighted by Gasteiger charge is -2.42. The molecule has 1 amide bonds. The van der Waals surface area contributed by atoms with E-state index in [1.165, 1.54) is 35.4 Å². The van der Waals surface area contributed by atoms with Gasteiger partial charge in [0, 0.05) is 48.9 Å². The van der Waals surface area contributed by atoms with Crippen molar-refractivity contribution < 1.29 is 9.53 Å². The molecule has 42 heavy (non-hydrogen) atoms. The van der Waals surface area contributed by atoms with Crippen LogP contribution < -0.4 is 14.5 Å².